The summed E-state index contributed by atoms with van der Waals surface area (Å²) in [6, 6.07) is 6.43. The van der Waals surface area contributed by atoms with Gasteiger partial charge in [0.25, 0.3) is 5.69 Å². The third-order valence-corrected chi connectivity index (χ3v) is 8.61. The number of rotatable bonds is 6. The summed E-state index contributed by atoms with van der Waals surface area (Å²) in [6.45, 7) is 11.5. The van der Waals surface area contributed by atoms with E-state index in [1.165, 1.54) is 12.1 Å². The molecule has 1 aromatic carbocycles. The zero-order chi connectivity index (χ0) is 16.3. The largest absolute Gasteiger partial charge is 0.415 e. The maximum atomic E-state index is 10.6. The van der Waals surface area contributed by atoms with Crippen LogP contribution in [-0.4, -0.2) is 25.9 Å². The van der Waals surface area contributed by atoms with Gasteiger partial charge in [-0.15, -0.1) is 0 Å². The molecule has 0 aliphatic carbocycles. The molecule has 0 fully saturated rings. The van der Waals surface area contributed by atoms with Crippen molar-refractivity contribution in [2.24, 2.45) is 5.73 Å². The molecule has 1 aromatic rings. The van der Waals surface area contributed by atoms with Crippen molar-refractivity contribution in [2.45, 2.75) is 51.4 Å². The lowest BCUT2D eigenvalue weighted by molar-refractivity contribution is -0.384. The van der Waals surface area contributed by atoms with E-state index in [1.54, 1.807) is 12.1 Å². The average molecular weight is 310 g/mol. The summed E-state index contributed by atoms with van der Waals surface area (Å²) in [5, 5.41) is 10.8. The monoisotopic (exact) mass is 310 g/mol. The Labute approximate surface area is 127 Å². The van der Waals surface area contributed by atoms with E-state index >= 15 is 0 Å². The van der Waals surface area contributed by atoms with Crippen LogP contribution < -0.4 is 5.73 Å². The molecule has 0 aliphatic rings. The fourth-order valence-electron chi connectivity index (χ4n) is 1.65. The van der Waals surface area contributed by atoms with Crippen molar-refractivity contribution in [2.75, 3.05) is 6.61 Å². The van der Waals surface area contributed by atoms with Crippen molar-refractivity contribution < 1.29 is 9.35 Å². The van der Waals surface area contributed by atoms with E-state index in [1.807, 2.05) is 0 Å². The summed E-state index contributed by atoms with van der Waals surface area (Å²) in [7, 11) is -1.78. The highest BCUT2D eigenvalue weighted by atomic mass is 28.4. The Morgan fingerprint density at radius 3 is 2.24 bits per heavy atom. The maximum Gasteiger partial charge on any atom is 0.269 e. The minimum atomic E-state index is -1.78. The van der Waals surface area contributed by atoms with E-state index in [0.717, 1.165) is 5.56 Å². The summed E-state index contributed by atoms with van der Waals surface area (Å²) < 4.78 is 6.10. The van der Waals surface area contributed by atoms with E-state index in [-0.39, 0.29) is 16.8 Å². The number of benzene rings is 1. The van der Waals surface area contributed by atoms with E-state index in [2.05, 4.69) is 33.9 Å². The van der Waals surface area contributed by atoms with Crippen LogP contribution in [0.2, 0.25) is 18.1 Å². The summed E-state index contributed by atoms with van der Waals surface area (Å²) in [5.74, 6) is 0. The van der Waals surface area contributed by atoms with Crippen LogP contribution in [0.15, 0.2) is 24.3 Å². The normalized spacial score (nSPS) is 14.0. The van der Waals surface area contributed by atoms with Crippen LogP contribution in [0.25, 0.3) is 0 Å². The van der Waals surface area contributed by atoms with Gasteiger partial charge >= 0.3 is 0 Å². The van der Waals surface area contributed by atoms with Crippen LogP contribution >= 0.6 is 0 Å². The molecule has 5 nitrogen and oxygen atoms in total. The van der Waals surface area contributed by atoms with Crippen molar-refractivity contribution in [3.63, 3.8) is 0 Å². The molecular weight excluding hydrogens is 284 g/mol. The smallest absolute Gasteiger partial charge is 0.269 e. The number of hydrogen-bond donors (Lipinski definition) is 1. The van der Waals surface area contributed by atoms with Gasteiger partial charge in [-0.25, -0.2) is 0 Å². The number of nitrogens with zero attached hydrogens (tertiary/aromatic N) is 1. The summed E-state index contributed by atoms with van der Waals surface area (Å²) in [4.78, 5) is 10.2. The highest BCUT2D eigenvalue weighted by Gasteiger charge is 2.37. The van der Waals surface area contributed by atoms with Crippen molar-refractivity contribution in [3.8, 4) is 0 Å². The van der Waals surface area contributed by atoms with Crippen LogP contribution in [0.1, 0.15) is 26.3 Å². The van der Waals surface area contributed by atoms with Gasteiger partial charge in [-0.1, -0.05) is 32.9 Å². The Balaban J connectivity index is 2.54. The first-order valence-corrected chi connectivity index (χ1v) is 10.1. The van der Waals surface area contributed by atoms with Gasteiger partial charge in [0, 0.05) is 24.8 Å². The highest BCUT2D eigenvalue weighted by Crippen LogP contribution is 2.36. The van der Waals surface area contributed by atoms with Gasteiger partial charge in [-0.05, 0) is 30.1 Å². The highest BCUT2D eigenvalue weighted by molar-refractivity contribution is 6.74. The van der Waals surface area contributed by atoms with Gasteiger partial charge in [0.15, 0.2) is 8.32 Å². The molecule has 0 radical (unpaired) electrons. The first kappa shape index (κ1) is 17.8. The Morgan fingerprint density at radius 1 is 1.29 bits per heavy atom. The minimum absolute atomic E-state index is 0.0967. The van der Waals surface area contributed by atoms with Gasteiger partial charge in [0.05, 0.1) is 4.92 Å². The van der Waals surface area contributed by atoms with Crippen molar-refractivity contribution in [1.82, 2.24) is 0 Å². The lowest BCUT2D eigenvalue weighted by Crippen LogP contribution is -2.44. The molecule has 21 heavy (non-hydrogen) atoms. The summed E-state index contributed by atoms with van der Waals surface area (Å²) in [5.41, 5.74) is 7.21. The second-order valence-electron chi connectivity index (χ2n) is 6.96. The first-order chi connectivity index (χ1) is 9.53. The topological polar surface area (TPSA) is 78.4 Å². The third kappa shape index (κ3) is 5.22. The Hall–Kier alpha value is -1.24. The van der Waals surface area contributed by atoms with Gasteiger partial charge < -0.3 is 10.2 Å². The van der Waals surface area contributed by atoms with Gasteiger partial charge in [0.1, 0.15) is 0 Å². The van der Waals surface area contributed by atoms with Crippen LogP contribution in [0, 0.1) is 10.1 Å². The molecule has 1 rings (SSSR count). The van der Waals surface area contributed by atoms with E-state index in [9.17, 15) is 10.1 Å². The molecule has 0 saturated carbocycles. The van der Waals surface area contributed by atoms with Crippen molar-refractivity contribution in [3.05, 3.63) is 39.9 Å². The zero-order valence-electron chi connectivity index (χ0n) is 13.6. The van der Waals surface area contributed by atoms with Gasteiger partial charge in [-0.3, -0.25) is 10.1 Å². The molecule has 0 aromatic heterocycles. The summed E-state index contributed by atoms with van der Waals surface area (Å²) >= 11 is 0. The number of hydrogen-bond acceptors (Lipinski definition) is 4. The fraction of sp³-hybridized carbons (Fsp3) is 0.600. The Morgan fingerprint density at radius 2 is 1.81 bits per heavy atom. The molecule has 0 aliphatic heterocycles. The van der Waals surface area contributed by atoms with Gasteiger partial charge in [-0.2, -0.15) is 0 Å². The number of nitro benzene ring substituents is 1. The second kappa shape index (κ2) is 6.68. The van der Waals surface area contributed by atoms with E-state index in [0.29, 0.717) is 13.0 Å². The predicted molar refractivity (Wildman–Crippen MR) is 87.9 cm³/mol. The first-order valence-electron chi connectivity index (χ1n) is 7.16. The van der Waals surface area contributed by atoms with Gasteiger partial charge in [0.2, 0.25) is 0 Å². The number of non-ortho nitro benzene ring substituents is 1. The van der Waals surface area contributed by atoms with Crippen LogP contribution in [-0.2, 0) is 10.8 Å². The lowest BCUT2D eigenvalue weighted by atomic mass is 10.1. The number of nitro groups is 1. The van der Waals surface area contributed by atoms with Crippen LogP contribution in [0.3, 0.4) is 0 Å². The molecule has 0 spiro atoms. The molecular formula is C15H26N2O3Si. The SMILES string of the molecule is CC(C)(C)[Si](C)(C)OC[C@H](N)Cc1ccc([N+](=O)[O-])cc1. The maximum absolute atomic E-state index is 10.6. The molecule has 118 valence electrons. The molecule has 0 unspecified atom stereocenters. The quantitative estimate of drug-likeness (QED) is 0.495. The average Bonchev–Trinajstić information content (AvgIpc) is 2.36. The number of nitrogens with two attached hydrogens (primary N) is 1. The molecule has 0 bridgehead atoms. The second-order valence-corrected chi connectivity index (χ2v) is 11.8. The molecule has 6 heteroatoms. The fourth-order valence-corrected chi connectivity index (χ4v) is 2.71. The van der Waals surface area contributed by atoms with Crippen molar-refractivity contribution in [1.29, 1.82) is 0 Å². The molecule has 0 heterocycles. The molecule has 2 N–H and O–H groups in total. The predicted octanol–water partition coefficient (Wildman–Crippen LogP) is 3.49. The van der Waals surface area contributed by atoms with Crippen molar-refractivity contribution >= 4 is 14.0 Å². The Bertz CT molecular complexity index is 481. The standard InChI is InChI=1S/C15H26N2O3Si/c1-15(2,3)21(4,5)20-11-13(16)10-12-6-8-14(9-7-12)17(18)19/h6-9,13H,10-11,16H2,1-5H3/t13-/m1/s1. The van der Waals surface area contributed by atoms with E-state index < -0.39 is 13.2 Å². The molecule has 1 atom stereocenters. The molecule has 0 saturated heterocycles. The lowest BCUT2D eigenvalue weighted by Gasteiger charge is -2.37. The van der Waals surface area contributed by atoms with E-state index in [4.69, 9.17) is 10.2 Å². The van der Waals surface area contributed by atoms with Crippen LogP contribution in [0.5, 0.6) is 0 Å². The Kier molecular flexibility index (Phi) is 5.66. The zero-order valence-corrected chi connectivity index (χ0v) is 14.6. The minimum Gasteiger partial charge on any atom is -0.415 e. The molecule has 0 amide bonds. The van der Waals surface area contributed by atoms with Crippen LogP contribution in [0.4, 0.5) is 5.69 Å². The summed E-state index contributed by atoms with van der Waals surface area (Å²) in [6.07, 6.45) is 0.659. The third-order valence-electron chi connectivity index (χ3n) is 4.11.